The van der Waals surface area contributed by atoms with Gasteiger partial charge in [0.1, 0.15) is 0 Å². The number of thiophene rings is 1. The molecule has 0 bridgehead atoms. The molecule has 1 aromatic carbocycles. The van der Waals surface area contributed by atoms with Gasteiger partial charge in [0.25, 0.3) is 0 Å². The Morgan fingerprint density at radius 3 is 2.67 bits per heavy atom. The first kappa shape index (κ1) is 17.2. The van der Waals surface area contributed by atoms with Gasteiger partial charge in [-0.15, -0.1) is 11.3 Å². The van der Waals surface area contributed by atoms with Crippen molar-refractivity contribution in [2.45, 2.75) is 45.1 Å². The highest BCUT2D eigenvalue weighted by atomic mass is 32.1. The number of nitrogens with zero attached hydrogens (tertiary/aromatic N) is 1. The molecule has 0 saturated carbocycles. The van der Waals surface area contributed by atoms with Crippen LogP contribution in [0.4, 0.5) is 0 Å². The second-order valence-electron chi connectivity index (χ2n) is 6.77. The molecule has 0 unspecified atom stereocenters. The van der Waals surface area contributed by atoms with Crippen LogP contribution in [0.25, 0.3) is 0 Å². The molecule has 2 N–H and O–H groups in total. The standard InChI is InChI=1S/C20H26N2OS/c1-14-11-17(15(2)24-14)9-6-10-20(23)22-12-18(19(21)13-22)16-7-4-3-5-8-16/h3-5,7-8,11,18-19H,6,9-10,12-13,21H2,1-2H3/t18-,19+/m0/s1. The zero-order chi connectivity index (χ0) is 17.1. The molecule has 2 atom stereocenters. The summed E-state index contributed by atoms with van der Waals surface area (Å²) in [5.41, 5.74) is 8.92. The highest BCUT2D eigenvalue weighted by Crippen LogP contribution is 2.27. The fourth-order valence-corrected chi connectivity index (χ4v) is 4.58. The average molecular weight is 343 g/mol. The Hall–Kier alpha value is -1.65. The molecule has 1 saturated heterocycles. The molecular formula is C20H26N2OS. The van der Waals surface area contributed by atoms with Gasteiger partial charge in [0.05, 0.1) is 0 Å². The second-order valence-corrected chi connectivity index (χ2v) is 8.23. The molecule has 1 aliphatic rings. The number of carbonyl (C=O) groups is 1. The van der Waals surface area contributed by atoms with Crippen LogP contribution in [0.3, 0.4) is 0 Å². The first-order chi connectivity index (χ1) is 11.5. The summed E-state index contributed by atoms with van der Waals surface area (Å²) in [6.07, 6.45) is 2.52. The lowest BCUT2D eigenvalue weighted by Gasteiger charge is -2.16. The van der Waals surface area contributed by atoms with E-state index in [1.165, 1.54) is 20.9 Å². The topological polar surface area (TPSA) is 46.3 Å². The van der Waals surface area contributed by atoms with Crippen molar-refractivity contribution in [2.24, 2.45) is 5.73 Å². The normalized spacial score (nSPS) is 20.5. The summed E-state index contributed by atoms with van der Waals surface area (Å²) in [7, 11) is 0. The second kappa shape index (κ2) is 7.49. The van der Waals surface area contributed by atoms with Crippen molar-refractivity contribution in [2.75, 3.05) is 13.1 Å². The van der Waals surface area contributed by atoms with E-state index in [1.54, 1.807) is 0 Å². The van der Waals surface area contributed by atoms with E-state index in [2.05, 4.69) is 32.0 Å². The molecule has 1 amide bonds. The minimum Gasteiger partial charge on any atom is -0.340 e. The Kier molecular flexibility index (Phi) is 5.36. The van der Waals surface area contributed by atoms with Gasteiger partial charge in [-0.3, -0.25) is 4.79 Å². The average Bonchev–Trinajstić information content (AvgIpc) is 3.10. The molecule has 128 valence electrons. The van der Waals surface area contributed by atoms with E-state index in [9.17, 15) is 4.79 Å². The SMILES string of the molecule is Cc1cc(CCCC(=O)N2C[C@@H](N)[C@H](c3ccccc3)C2)c(C)s1. The predicted molar refractivity (Wildman–Crippen MR) is 100 cm³/mol. The first-order valence-electron chi connectivity index (χ1n) is 8.69. The molecule has 2 aromatic rings. The largest absolute Gasteiger partial charge is 0.340 e. The highest BCUT2D eigenvalue weighted by molar-refractivity contribution is 7.12. The van der Waals surface area contributed by atoms with E-state index in [4.69, 9.17) is 5.73 Å². The maximum Gasteiger partial charge on any atom is 0.222 e. The number of rotatable bonds is 5. The van der Waals surface area contributed by atoms with Crippen molar-refractivity contribution in [3.8, 4) is 0 Å². The molecule has 2 heterocycles. The van der Waals surface area contributed by atoms with Crippen molar-refractivity contribution >= 4 is 17.2 Å². The minimum absolute atomic E-state index is 0.0399. The smallest absolute Gasteiger partial charge is 0.222 e. The molecule has 1 aliphatic heterocycles. The Morgan fingerprint density at radius 1 is 1.25 bits per heavy atom. The fourth-order valence-electron chi connectivity index (χ4n) is 3.61. The van der Waals surface area contributed by atoms with Gasteiger partial charge in [0.2, 0.25) is 5.91 Å². The summed E-state index contributed by atoms with van der Waals surface area (Å²) >= 11 is 1.84. The van der Waals surface area contributed by atoms with E-state index in [0.717, 1.165) is 19.4 Å². The number of nitrogens with two attached hydrogens (primary N) is 1. The molecule has 3 rings (SSSR count). The molecule has 1 fully saturated rings. The maximum absolute atomic E-state index is 12.5. The minimum atomic E-state index is 0.0399. The number of hydrogen-bond acceptors (Lipinski definition) is 3. The number of likely N-dealkylation sites (tertiary alicyclic amines) is 1. The molecular weight excluding hydrogens is 316 g/mol. The lowest BCUT2D eigenvalue weighted by Crippen LogP contribution is -2.32. The lowest BCUT2D eigenvalue weighted by atomic mass is 9.95. The van der Waals surface area contributed by atoms with Gasteiger partial charge in [-0.1, -0.05) is 30.3 Å². The molecule has 0 radical (unpaired) electrons. The predicted octanol–water partition coefficient (Wildman–Crippen LogP) is 3.64. The molecule has 4 heteroatoms. The number of hydrogen-bond donors (Lipinski definition) is 1. The first-order valence-corrected chi connectivity index (χ1v) is 9.50. The Balaban J connectivity index is 1.52. The van der Waals surface area contributed by atoms with Gasteiger partial charge in [-0.05, 0) is 43.9 Å². The van der Waals surface area contributed by atoms with Crippen LogP contribution in [0.2, 0.25) is 0 Å². The molecule has 0 aliphatic carbocycles. The van der Waals surface area contributed by atoms with Crippen LogP contribution in [-0.4, -0.2) is 29.9 Å². The van der Waals surface area contributed by atoms with Crippen molar-refractivity contribution in [3.05, 3.63) is 57.3 Å². The molecule has 24 heavy (non-hydrogen) atoms. The van der Waals surface area contributed by atoms with Crippen LogP contribution in [-0.2, 0) is 11.2 Å². The summed E-state index contributed by atoms with van der Waals surface area (Å²) in [5.74, 6) is 0.505. The summed E-state index contributed by atoms with van der Waals surface area (Å²) in [5, 5.41) is 0. The van der Waals surface area contributed by atoms with Crippen LogP contribution < -0.4 is 5.73 Å². The van der Waals surface area contributed by atoms with Crippen LogP contribution in [0.15, 0.2) is 36.4 Å². The molecule has 3 nitrogen and oxygen atoms in total. The third-order valence-corrected chi connectivity index (χ3v) is 5.93. The quantitative estimate of drug-likeness (QED) is 0.902. The number of amides is 1. The Bertz CT molecular complexity index is 695. The van der Waals surface area contributed by atoms with Crippen molar-refractivity contribution in [3.63, 3.8) is 0 Å². The van der Waals surface area contributed by atoms with Crippen LogP contribution >= 0.6 is 11.3 Å². The van der Waals surface area contributed by atoms with Crippen LogP contribution in [0, 0.1) is 13.8 Å². The van der Waals surface area contributed by atoms with Gasteiger partial charge in [-0.2, -0.15) is 0 Å². The van der Waals surface area contributed by atoms with E-state index < -0.39 is 0 Å². The highest BCUT2D eigenvalue weighted by Gasteiger charge is 2.33. The monoisotopic (exact) mass is 342 g/mol. The van der Waals surface area contributed by atoms with E-state index in [0.29, 0.717) is 13.0 Å². The summed E-state index contributed by atoms with van der Waals surface area (Å²) in [4.78, 5) is 17.2. The maximum atomic E-state index is 12.5. The third kappa shape index (κ3) is 3.87. The van der Waals surface area contributed by atoms with E-state index >= 15 is 0 Å². The van der Waals surface area contributed by atoms with Gasteiger partial charge >= 0.3 is 0 Å². The van der Waals surface area contributed by atoms with E-state index in [1.807, 2.05) is 34.4 Å². The molecule has 0 spiro atoms. The fraction of sp³-hybridized carbons (Fsp3) is 0.450. The van der Waals surface area contributed by atoms with Crippen molar-refractivity contribution < 1.29 is 4.79 Å². The zero-order valence-electron chi connectivity index (χ0n) is 14.5. The lowest BCUT2D eigenvalue weighted by molar-refractivity contribution is -0.130. The van der Waals surface area contributed by atoms with Gasteiger partial charge < -0.3 is 10.6 Å². The Morgan fingerprint density at radius 2 is 2.00 bits per heavy atom. The van der Waals surface area contributed by atoms with Crippen molar-refractivity contribution in [1.29, 1.82) is 0 Å². The van der Waals surface area contributed by atoms with Gasteiger partial charge in [-0.25, -0.2) is 0 Å². The number of benzene rings is 1. The summed E-state index contributed by atoms with van der Waals surface area (Å²) in [6, 6.07) is 12.6. The summed E-state index contributed by atoms with van der Waals surface area (Å²) < 4.78 is 0. The Labute approximate surface area is 148 Å². The van der Waals surface area contributed by atoms with Gasteiger partial charge in [0.15, 0.2) is 0 Å². The van der Waals surface area contributed by atoms with E-state index in [-0.39, 0.29) is 17.9 Å². The van der Waals surface area contributed by atoms with Crippen LogP contribution in [0.1, 0.15) is 39.6 Å². The number of aryl methyl sites for hydroxylation is 3. The zero-order valence-corrected chi connectivity index (χ0v) is 15.3. The third-order valence-electron chi connectivity index (χ3n) is 4.93. The number of carbonyl (C=O) groups excluding carboxylic acids is 1. The van der Waals surface area contributed by atoms with Gasteiger partial charge in [0, 0.05) is 41.2 Å². The summed E-state index contributed by atoms with van der Waals surface area (Å²) in [6.45, 7) is 5.73. The molecule has 1 aromatic heterocycles. The van der Waals surface area contributed by atoms with Crippen LogP contribution in [0.5, 0.6) is 0 Å². The van der Waals surface area contributed by atoms with Crippen molar-refractivity contribution in [1.82, 2.24) is 4.90 Å².